The second-order valence-corrected chi connectivity index (χ2v) is 4.07. The summed E-state index contributed by atoms with van der Waals surface area (Å²) in [5.41, 5.74) is 0.896. The fourth-order valence-corrected chi connectivity index (χ4v) is 1.89. The summed E-state index contributed by atoms with van der Waals surface area (Å²) in [7, 11) is 0. The van der Waals surface area contributed by atoms with E-state index in [0.29, 0.717) is 25.5 Å². The SMILES string of the molecule is O=[N+]([O-])C=C1NCCN1Cc1ccc([N+](=O)[O-])cc1. The second-order valence-electron chi connectivity index (χ2n) is 4.07. The summed E-state index contributed by atoms with van der Waals surface area (Å²) in [6, 6.07) is 6.16. The number of nitrogens with one attached hydrogen (secondary N) is 1. The third kappa shape index (κ3) is 3.18. The molecule has 19 heavy (non-hydrogen) atoms. The normalized spacial score (nSPS) is 16.4. The zero-order valence-corrected chi connectivity index (χ0v) is 9.98. The maximum atomic E-state index is 10.5. The summed E-state index contributed by atoms with van der Waals surface area (Å²) in [6.45, 7) is 1.79. The highest BCUT2D eigenvalue weighted by atomic mass is 16.6. The van der Waals surface area contributed by atoms with E-state index in [9.17, 15) is 20.2 Å². The summed E-state index contributed by atoms with van der Waals surface area (Å²) in [6.07, 6.45) is 0.929. The molecule has 8 nitrogen and oxygen atoms in total. The van der Waals surface area contributed by atoms with Crippen LogP contribution in [-0.4, -0.2) is 27.8 Å². The zero-order chi connectivity index (χ0) is 13.8. The predicted octanol–water partition coefficient (Wildman–Crippen LogP) is 1.08. The highest BCUT2D eigenvalue weighted by Gasteiger charge is 2.19. The number of hydrogen-bond donors (Lipinski definition) is 1. The van der Waals surface area contributed by atoms with E-state index in [1.165, 1.54) is 12.1 Å². The summed E-state index contributed by atoms with van der Waals surface area (Å²) < 4.78 is 0. The Hall–Kier alpha value is -2.64. The molecule has 0 amide bonds. The molecule has 0 bridgehead atoms. The first-order valence-electron chi connectivity index (χ1n) is 5.64. The molecule has 1 saturated heterocycles. The van der Waals surface area contributed by atoms with Crippen molar-refractivity contribution < 1.29 is 9.85 Å². The molecule has 1 aliphatic rings. The minimum Gasteiger partial charge on any atom is -0.365 e. The van der Waals surface area contributed by atoms with Gasteiger partial charge in [0.1, 0.15) is 0 Å². The third-order valence-corrected chi connectivity index (χ3v) is 2.78. The minimum atomic E-state index is -0.503. The standard InChI is InChI=1S/C11H12N4O4/c16-14(17)8-11-12-5-6-13(11)7-9-1-3-10(4-2-9)15(18)19/h1-4,8,12H,5-7H2. The van der Waals surface area contributed by atoms with Crippen LogP contribution in [0.25, 0.3) is 0 Å². The fourth-order valence-electron chi connectivity index (χ4n) is 1.89. The molecular formula is C11H12N4O4. The Labute approximate surface area is 108 Å². The Morgan fingerprint density at radius 1 is 1.26 bits per heavy atom. The van der Waals surface area contributed by atoms with Gasteiger partial charge < -0.3 is 10.2 Å². The molecule has 1 aliphatic heterocycles. The molecule has 0 atom stereocenters. The second kappa shape index (κ2) is 5.34. The van der Waals surface area contributed by atoms with Gasteiger partial charge in [-0.2, -0.15) is 0 Å². The van der Waals surface area contributed by atoms with E-state index in [-0.39, 0.29) is 5.69 Å². The number of hydrogen-bond acceptors (Lipinski definition) is 6. The van der Waals surface area contributed by atoms with Gasteiger partial charge in [0.25, 0.3) is 11.9 Å². The number of nitrogens with zero attached hydrogens (tertiary/aromatic N) is 3. The maximum Gasteiger partial charge on any atom is 0.274 e. The third-order valence-electron chi connectivity index (χ3n) is 2.78. The van der Waals surface area contributed by atoms with Crippen molar-refractivity contribution in [1.82, 2.24) is 10.2 Å². The van der Waals surface area contributed by atoms with Crippen molar-refractivity contribution in [3.63, 3.8) is 0 Å². The molecule has 0 saturated carbocycles. The van der Waals surface area contributed by atoms with Gasteiger partial charge in [-0.15, -0.1) is 0 Å². The van der Waals surface area contributed by atoms with Gasteiger partial charge >= 0.3 is 0 Å². The van der Waals surface area contributed by atoms with Gasteiger partial charge in [-0.3, -0.25) is 20.2 Å². The molecule has 0 aliphatic carbocycles. The summed E-state index contributed by atoms with van der Waals surface area (Å²) >= 11 is 0. The van der Waals surface area contributed by atoms with E-state index >= 15 is 0 Å². The molecule has 1 heterocycles. The van der Waals surface area contributed by atoms with Crippen LogP contribution < -0.4 is 5.32 Å². The molecule has 1 N–H and O–H groups in total. The molecule has 1 aromatic rings. The Morgan fingerprint density at radius 2 is 1.95 bits per heavy atom. The molecule has 2 rings (SSSR count). The van der Waals surface area contributed by atoms with E-state index in [1.807, 2.05) is 4.90 Å². The molecular weight excluding hydrogens is 252 g/mol. The molecule has 0 aromatic heterocycles. The first kappa shape index (κ1) is 12.8. The van der Waals surface area contributed by atoms with E-state index in [4.69, 9.17) is 0 Å². The zero-order valence-electron chi connectivity index (χ0n) is 9.98. The number of rotatable bonds is 4. The van der Waals surface area contributed by atoms with Crippen LogP contribution in [0.3, 0.4) is 0 Å². The van der Waals surface area contributed by atoms with Gasteiger partial charge in [-0.05, 0) is 5.56 Å². The van der Waals surface area contributed by atoms with Crippen LogP contribution in [0.15, 0.2) is 36.3 Å². The van der Waals surface area contributed by atoms with Crippen LogP contribution in [0.1, 0.15) is 5.56 Å². The highest BCUT2D eigenvalue weighted by Crippen LogP contribution is 2.16. The minimum absolute atomic E-state index is 0.0318. The Morgan fingerprint density at radius 3 is 2.53 bits per heavy atom. The van der Waals surface area contributed by atoms with E-state index < -0.39 is 9.85 Å². The average Bonchev–Trinajstić information content (AvgIpc) is 2.76. The lowest BCUT2D eigenvalue weighted by Crippen LogP contribution is -2.20. The van der Waals surface area contributed by atoms with E-state index in [2.05, 4.69) is 5.32 Å². The Bertz CT molecular complexity index is 526. The molecule has 0 radical (unpaired) electrons. The highest BCUT2D eigenvalue weighted by molar-refractivity contribution is 5.33. The maximum absolute atomic E-state index is 10.5. The lowest BCUT2D eigenvalue weighted by Gasteiger charge is -2.16. The quantitative estimate of drug-likeness (QED) is 0.644. The first-order chi connectivity index (χ1) is 9.06. The summed E-state index contributed by atoms with van der Waals surface area (Å²) in [5.74, 6) is 0.461. The van der Waals surface area contributed by atoms with Crippen LogP contribution in [0.4, 0.5) is 5.69 Å². The average molecular weight is 264 g/mol. The lowest BCUT2D eigenvalue weighted by molar-refractivity contribution is -0.404. The topological polar surface area (TPSA) is 102 Å². The van der Waals surface area contributed by atoms with Gasteiger partial charge in [0.05, 0.1) is 9.85 Å². The van der Waals surface area contributed by atoms with Gasteiger partial charge in [0, 0.05) is 31.8 Å². The molecule has 1 aromatic carbocycles. The van der Waals surface area contributed by atoms with Crippen molar-refractivity contribution in [2.45, 2.75) is 6.54 Å². The number of nitro benzene ring substituents is 1. The Balaban J connectivity index is 2.08. The number of non-ortho nitro benzene ring substituents is 1. The monoisotopic (exact) mass is 264 g/mol. The van der Waals surface area contributed by atoms with E-state index in [1.54, 1.807) is 12.1 Å². The smallest absolute Gasteiger partial charge is 0.274 e. The van der Waals surface area contributed by atoms with Gasteiger partial charge in [0.2, 0.25) is 0 Å². The molecule has 8 heteroatoms. The van der Waals surface area contributed by atoms with E-state index in [0.717, 1.165) is 11.8 Å². The Kier molecular flexibility index (Phi) is 3.60. The van der Waals surface area contributed by atoms with Crippen molar-refractivity contribution in [3.8, 4) is 0 Å². The molecule has 100 valence electrons. The molecule has 0 unspecified atom stereocenters. The van der Waals surface area contributed by atoms with Crippen LogP contribution in [0.2, 0.25) is 0 Å². The fraction of sp³-hybridized carbons (Fsp3) is 0.273. The van der Waals surface area contributed by atoms with Gasteiger partial charge in [-0.1, -0.05) is 12.1 Å². The number of nitro groups is 2. The van der Waals surface area contributed by atoms with Crippen molar-refractivity contribution >= 4 is 5.69 Å². The molecule has 1 fully saturated rings. The van der Waals surface area contributed by atoms with Crippen LogP contribution in [0, 0.1) is 20.2 Å². The molecule has 0 spiro atoms. The largest absolute Gasteiger partial charge is 0.365 e. The lowest BCUT2D eigenvalue weighted by atomic mass is 10.2. The van der Waals surface area contributed by atoms with Crippen molar-refractivity contribution in [1.29, 1.82) is 0 Å². The van der Waals surface area contributed by atoms with Crippen LogP contribution >= 0.6 is 0 Å². The number of benzene rings is 1. The summed E-state index contributed by atoms with van der Waals surface area (Å²) in [5, 5.41) is 23.9. The van der Waals surface area contributed by atoms with Crippen molar-refractivity contribution in [2.24, 2.45) is 0 Å². The first-order valence-corrected chi connectivity index (χ1v) is 5.64. The summed E-state index contributed by atoms with van der Waals surface area (Å²) in [4.78, 5) is 21.9. The van der Waals surface area contributed by atoms with Crippen molar-refractivity contribution in [3.05, 3.63) is 62.1 Å². The van der Waals surface area contributed by atoms with Gasteiger partial charge in [-0.25, -0.2) is 0 Å². The van der Waals surface area contributed by atoms with Crippen LogP contribution in [-0.2, 0) is 6.54 Å². The predicted molar refractivity (Wildman–Crippen MR) is 66.6 cm³/mol. The van der Waals surface area contributed by atoms with Gasteiger partial charge in [0.15, 0.2) is 5.82 Å². The van der Waals surface area contributed by atoms with Crippen molar-refractivity contribution in [2.75, 3.05) is 13.1 Å². The van der Waals surface area contributed by atoms with Crippen LogP contribution in [0.5, 0.6) is 0 Å².